The Morgan fingerprint density at radius 3 is 3.06 bits per heavy atom. The molecule has 0 fully saturated rings. The van der Waals surface area contributed by atoms with E-state index < -0.39 is 0 Å². The lowest BCUT2D eigenvalue weighted by atomic mass is 10.4. The monoisotopic (exact) mass is 285 g/mol. The van der Waals surface area contributed by atoms with E-state index in [1.807, 2.05) is 17.5 Å². The van der Waals surface area contributed by atoms with Crippen molar-refractivity contribution in [3.63, 3.8) is 0 Å². The lowest BCUT2D eigenvalue weighted by Gasteiger charge is -2.04. The molecule has 0 radical (unpaired) electrons. The molecule has 0 atom stereocenters. The van der Waals surface area contributed by atoms with Crippen LogP contribution in [-0.4, -0.2) is 37.4 Å². The summed E-state index contributed by atoms with van der Waals surface area (Å²) >= 11 is 3.17. The number of carbonyl (C=O) groups excluding carboxylic acids is 1. The van der Waals surface area contributed by atoms with E-state index >= 15 is 0 Å². The molecule has 2 rings (SSSR count). The van der Waals surface area contributed by atoms with Gasteiger partial charge in [0, 0.05) is 22.6 Å². The Morgan fingerprint density at radius 1 is 1.39 bits per heavy atom. The van der Waals surface area contributed by atoms with Gasteiger partial charge in [-0.3, -0.25) is 4.79 Å². The van der Waals surface area contributed by atoms with Crippen molar-refractivity contribution in [2.75, 3.05) is 26.4 Å². The second-order valence-electron chi connectivity index (χ2n) is 3.71. The SMILES string of the molecule is O=C(NCCCOCCO)c1cc2sccc2s1. The van der Waals surface area contributed by atoms with Gasteiger partial charge in [-0.15, -0.1) is 22.7 Å². The molecule has 0 spiro atoms. The number of ether oxygens (including phenoxy) is 1. The highest BCUT2D eigenvalue weighted by atomic mass is 32.1. The van der Waals surface area contributed by atoms with Gasteiger partial charge in [0.2, 0.25) is 0 Å². The maximum absolute atomic E-state index is 11.8. The number of aliphatic hydroxyl groups is 1. The molecule has 4 nitrogen and oxygen atoms in total. The Balaban J connectivity index is 1.73. The van der Waals surface area contributed by atoms with Crippen LogP contribution in [0.25, 0.3) is 9.40 Å². The van der Waals surface area contributed by atoms with Crippen LogP contribution in [0.3, 0.4) is 0 Å². The predicted molar refractivity (Wildman–Crippen MR) is 74.6 cm³/mol. The van der Waals surface area contributed by atoms with Gasteiger partial charge in [-0.2, -0.15) is 0 Å². The van der Waals surface area contributed by atoms with E-state index in [1.165, 1.54) is 11.3 Å². The molecule has 2 heterocycles. The van der Waals surface area contributed by atoms with Crippen LogP contribution in [-0.2, 0) is 4.74 Å². The van der Waals surface area contributed by atoms with Crippen LogP contribution in [0.2, 0.25) is 0 Å². The molecule has 6 heteroatoms. The summed E-state index contributed by atoms with van der Waals surface area (Å²) in [4.78, 5) is 12.6. The molecule has 2 aromatic heterocycles. The summed E-state index contributed by atoms with van der Waals surface area (Å²) in [7, 11) is 0. The van der Waals surface area contributed by atoms with Gasteiger partial charge in [0.25, 0.3) is 5.91 Å². The quantitative estimate of drug-likeness (QED) is 0.766. The van der Waals surface area contributed by atoms with Gasteiger partial charge in [-0.1, -0.05) is 0 Å². The molecule has 98 valence electrons. The van der Waals surface area contributed by atoms with Crippen molar-refractivity contribution in [3.05, 3.63) is 22.4 Å². The maximum Gasteiger partial charge on any atom is 0.261 e. The van der Waals surface area contributed by atoms with E-state index in [-0.39, 0.29) is 12.5 Å². The predicted octanol–water partition coefficient (Wildman–Crippen LogP) is 2.09. The highest BCUT2D eigenvalue weighted by Crippen LogP contribution is 2.29. The third-order valence-electron chi connectivity index (χ3n) is 2.35. The van der Waals surface area contributed by atoms with Gasteiger partial charge in [0.15, 0.2) is 0 Å². The average molecular weight is 285 g/mol. The summed E-state index contributed by atoms with van der Waals surface area (Å²) in [5.74, 6) is -0.0226. The molecular weight excluding hydrogens is 270 g/mol. The lowest BCUT2D eigenvalue weighted by molar-refractivity contribution is 0.0869. The molecule has 2 aromatic rings. The van der Waals surface area contributed by atoms with Crippen molar-refractivity contribution < 1.29 is 14.6 Å². The van der Waals surface area contributed by atoms with Crippen LogP contribution in [0, 0.1) is 0 Å². The molecule has 0 saturated heterocycles. The highest BCUT2D eigenvalue weighted by molar-refractivity contribution is 7.27. The fourth-order valence-electron chi connectivity index (χ4n) is 1.51. The van der Waals surface area contributed by atoms with Gasteiger partial charge in [-0.05, 0) is 23.9 Å². The van der Waals surface area contributed by atoms with E-state index in [4.69, 9.17) is 9.84 Å². The largest absolute Gasteiger partial charge is 0.394 e. The number of amides is 1. The lowest BCUT2D eigenvalue weighted by Crippen LogP contribution is -2.24. The van der Waals surface area contributed by atoms with Crippen LogP contribution >= 0.6 is 22.7 Å². The van der Waals surface area contributed by atoms with Crippen molar-refractivity contribution in [2.45, 2.75) is 6.42 Å². The number of hydrogen-bond donors (Lipinski definition) is 2. The zero-order chi connectivity index (χ0) is 12.8. The molecule has 0 saturated carbocycles. The molecule has 0 aromatic carbocycles. The van der Waals surface area contributed by atoms with Crippen LogP contribution < -0.4 is 5.32 Å². The Labute approximate surface area is 113 Å². The fourth-order valence-corrected chi connectivity index (χ4v) is 3.53. The van der Waals surface area contributed by atoms with Gasteiger partial charge in [-0.25, -0.2) is 0 Å². The fraction of sp³-hybridized carbons (Fsp3) is 0.417. The second-order valence-corrected chi connectivity index (χ2v) is 5.74. The normalized spacial score (nSPS) is 10.9. The summed E-state index contributed by atoms with van der Waals surface area (Å²) in [6.07, 6.45) is 0.755. The standard InChI is InChI=1S/C12H15NO3S2/c14-4-6-16-5-1-3-13-12(15)11-8-10-9(18-11)2-7-17-10/h2,7-8,14H,1,3-6H2,(H,13,15). The molecule has 0 aliphatic rings. The van der Waals surface area contributed by atoms with Gasteiger partial charge < -0.3 is 15.2 Å². The third-order valence-corrected chi connectivity index (χ3v) is 4.44. The first-order valence-corrected chi connectivity index (χ1v) is 7.44. The van der Waals surface area contributed by atoms with Crippen molar-refractivity contribution in [2.24, 2.45) is 0 Å². The van der Waals surface area contributed by atoms with E-state index in [0.29, 0.717) is 19.8 Å². The van der Waals surface area contributed by atoms with Gasteiger partial charge >= 0.3 is 0 Å². The summed E-state index contributed by atoms with van der Waals surface area (Å²) in [6.45, 7) is 1.55. The first-order valence-electron chi connectivity index (χ1n) is 5.75. The molecule has 0 aliphatic heterocycles. The van der Waals surface area contributed by atoms with E-state index in [2.05, 4.69) is 5.32 Å². The topological polar surface area (TPSA) is 58.6 Å². The van der Waals surface area contributed by atoms with Crippen molar-refractivity contribution in [1.29, 1.82) is 0 Å². The Bertz CT molecular complexity index is 478. The molecular formula is C12H15NO3S2. The Morgan fingerprint density at radius 2 is 2.28 bits per heavy atom. The Kier molecular flexibility index (Phi) is 5.12. The molecule has 0 unspecified atom stereocenters. The number of thiophene rings is 2. The average Bonchev–Trinajstić information content (AvgIpc) is 2.93. The molecule has 0 aliphatic carbocycles. The zero-order valence-corrected chi connectivity index (χ0v) is 11.5. The van der Waals surface area contributed by atoms with Crippen LogP contribution in [0.5, 0.6) is 0 Å². The first-order chi connectivity index (χ1) is 8.81. The van der Waals surface area contributed by atoms with Crippen LogP contribution in [0.15, 0.2) is 17.5 Å². The first kappa shape index (κ1) is 13.5. The summed E-state index contributed by atoms with van der Waals surface area (Å²) in [5.41, 5.74) is 0. The summed E-state index contributed by atoms with van der Waals surface area (Å²) < 4.78 is 7.44. The molecule has 2 N–H and O–H groups in total. The van der Waals surface area contributed by atoms with Gasteiger partial charge in [0.05, 0.1) is 18.1 Å². The Hall–Kier alpha value is -0.950. The number of fused-ring (bicyclic) bond motifs is 1. The minimum Gasteiger partial charge on any atom is -0.394 e. The molecule has 1 amide bonds. The van der Waals surface area contributed by atoms with Crippen molar-refractivity contribution in [1.82, 2.24) is 5.32 Å². The minimum absolute atomic E-state index is 0.0226. The van der Waals surface area contributed by atoms with E-state index in [9.17, 15) is 4.79 Å². The molecule has 0 bridgehead atoms. The van der Waals surface area contributed by atoms with E-state index in [0.717, 1.165) is 20.7 Å². The second kappa shape index (κ2) is 6.84. The molecule has 18 heavy (non-hydrogen) atoms. The third kappa shape index (κ3) is 3.52. The van der Waals surface area contributed by atoms with Gasteiger partial charge in [0.1, 0.15) is 0 Å². The number of nitrogens with one attached hydrogen (secondary N) is 1. The number of rotatable bonds is 7. The number of carbonyl (C=O) groups is 1. The minimum atomic E-state index is -0.0226. The maximum atomic E-state index is 11.8. The van der Waals surface area contributed by atoms with E-state index in [1.54, 1.807) is 11.3 Å². The van der Waals surface area contributed by atoms with Crippen LogP contribution in [0.1, 0.15) is 16.1 Å². The zero-order valence-electron chi connectivity index (χ0n) is 9.85. The smallest absolute Gasteiger partial charge is 0.261 e. The summed E-state index contributed by atoms with van der Waals surface area (Å²) in [5, 5.41) is 13.4. The van der Waals surface area contributed by atoms with Crippen LogP contribution in [0.4, 0.5) is 0 Å². The van der Waals surface area contributed by atoms with Crippen molar-refractivity contribution >= 4 is 38.0 Å². The van der Waals surface area contributed by atoms with Crippen molar-refractivity contribution in [3.8, 4) is 0 Å². The highest BCUT2D eigenvalue weighted by Gasteiger charge is 2.09. The number of hydrogen-bond acceptors (Lipinski definition) is 5. The summed E-state index contributed by atoms with van der Waals surface area (Å²) in [6, 6.07) is 3.96. The number of aliphatic hydroxyl groups excluding tert-OH is 1.